The minimum absolute atomic E-state index is 0.0922. The Hall–Kier alpha value is -0.818. The van der Waals surface area contributed by atoms with Crippen LogP contribution in [-0.4, -0.2) is 36.8 Å². The van der Waals surface area contributed by atoms with E-state index in [-0.39, 0.29) is 5.04 Å². The quantitative estimate of drug-likeness (QED) is 0.755. The molecule has 0 aromatic heterocycles. The van der Waals surface area contributed by atoms with Gasteiger partial charge in [0, 0.05) is 0 Å². The summed E-state index contributed by atoms with van der Waals surface area (Å²) in [6.45, 7) is 19.8. The van der Waals surface area contributed by atoms with E-state index in [0.29, 0.717) is 5.46 Å². The summed E-state index contributed by atoms with van der Waals surface area (Å²) < 4.78 is 12.1. The normalized spacial score (nSPS) is 13.8. The fourth-order valence-corrected chi connectivity index (χ4v) is 2.93. The molecular weight excluding hydrogens is 331 g/mol. The van der Waals surface area contributed by atoms with E-state index in [9.17, 15) is 10.1 Å². The zero-order valence-electron chi connectivity index (χ0n) is 17.5. The van der Waals surface area contributed by atoms with E-state index >= 15 is 0 Å². The Morgan fingerprint density at radius 1 is 0.960 bits per heavy atom. The molecule has 0 aliphatic rings. The van der Waals surface area contributed by atoms with E-state index in [4.69, 9.17) is 9.08 Å². The molecule has 1 aromatic carbocycles. The molecule has 2 N–H and O–H groups in total. The van der Waals surface area contributed by atoms with Gasteiger partial charge in [-0.2, -0.15) is 0 Å². The summed E-state index contributed by atoms with van der Waals surface area (Å²) in [5, 5.41) is 20.9. The average Bonchev–Trinajstić information content (AvgIpc) is 2.33. The number of hydrogen-bond acceptors (Lipinski definition) is 4. The lowest BCUT2D eigenvalue weighted by Crippen LogP contribution is -2.53. The molecule has 0 spiro atoms. The van der Waals surface area contributed by atoms with E-state index in [1.807, 2.05) is 25.1 Å². The molecule has 0 aliphatic carbocycles. The van der Waals surface area contributed by atoms with Crippen LogP contribution in [0.4, 0.5) is 0 Å². The summed E-state index contributed by atoms with van der Waals surface area (Å²) in [7, 11) is -3.10. The molecule has 0 radical (unpaired) electrons. The Kier molecular flexibility index (Phi) is 6.28. The van der Waals surface area contributed by atoms with Crippen molar-refractivity contribution in [3.05, 3.63) is 23.8 Å². The first-order valence-electron chi connectivity index (χ1n) is 8.85. The van der Waals surface area contributed by atoms with Gasteiger partial charge in [0.15, 0.2) is 0 Å². The van der Waals surface area contributed by atoms with Gasteiger partial charge in [-0.3, -0.25) is 0 Å². The molecule has 142 valence electrons. The minimum atomic E-state index is -1.97. The molecule has 0 saturated carbocycles. The SMILES string of the molecule is Cc1cc(O[Si](C)(C)C(C)(C)C)cc(B(O)OC(C)(C)C(C)(C)O)c1. The molecule has 0 amide bonds. The maximum atomic E-state index is 10.5. The molecule has 1 aromatic rings. The van der Waals surface area contributed by atoms with E-state index in [1.54, 1.807) is 27.7 Å². The monoisotopic (exact) mass is 366 g/mol. The standard InChI is InChI=1S/C19H35BO4Si/c1-14-11-15(20(22)24-19(7,8)18(5,6)21)13-16(12-14)23-25(9,10)17(2,3)4/h11-13,21-22H,1-10H3. The summed E-state index contributed by atoms with van der Waals surface area (Å²) in [6, 6.07) is 5.69. The summed E-state index contributed by atoms with van der Waals surface area (Å²) >= 11 is 0. The molecule has 25 heavy (non-hydrogen) atoms. The van der Waals surface area contributed by atoms with Crippen molar-refractivity contribution in [1.29, 1.82) is 0 Å². The van der Waals surface area contributed by atoms with Crippen molar-refractivity contribution in [2.75, 3.05) is 0 Å². The first-order valence-corrected chi connectivity index (χ1v) is 11.8. The van der Waals surface area contributed by atoms with Crippen LogP contribution in [0.2, 0.25) is 18.1 Å². The summed E-state index contributed by atoms with van der Waals surface area (Å²) in [6.07, 6.45) is 0. The second kappa shape index (κ2) is 7.06. The lowest BCUT2D eigenvalue weighted by molar-refractivity contribution is -0.0982. The summed E-state index contributed by atoms with van der Waals surface area (Å²) in [5.74, 6) is 0.755. The van der Waals surface area contributed by atoms with Gasteiger partial charge in [0.2, 0.25) is 8.32 Å². The third-order valence-electron chi connectivity index (χ3n) is 5.42. The van der Waals surface area contributed by atoms with Crippen molar-refractivity contribution in [3.8, 4) is 5.75 Å². The van der Waals surface area contributed by atoms with Crippen molar-refractivity contribution in [2.24, 2.45) is 0 Å². The van der Waals surface area contributed by atoms with E-state index in [2.05, 4.69) is 33.9 Å². The van der Waals surface area contributed by atoms with Crippen LogP contribution >= 0.6 is 0 Å². The molecular formula is C19H35BO4Si. The molecule has 0 bridgehead atoms. The average molecular weight is 366 g/mol. The largest absolute Gasteiger partial charge is 0.544 e. The van der Waals surface area contributed by atoms with Gasteiger partial charge in [-0.05, 0) is 75.9 Å². The van der Waals surface area contributed by atoms with Gasteiger partial charge in [0.1, 0.15) is 5.75 Å². The first-order chi connectivity index (χ1) is 11.0. The number of rotatable bonds is 6. The maximum Gasteiger partial charge on any atom is 0.491 e. The molecule has 0 unspecified atom stereocenters. The van der Waals surface area contributed by atoms with Crippen LogP contribution < -0.4 is 9.89 Å². The maximum absolute atomic E-state index is 10.5. The fraction of sp³-hybridized carbons (Fsp3) is 0.684. The topological polar surface area (TPSA) is 58.9 Å². The Labute approximate surface area is 154 Å². The van der Waals surface area contributed by atoms with Crippen LogP contribution in [0.5, 0.6) is 5.75 Å². The van der Waals surface area contributed by atoms with Gasteiger partial charge in [0.05, 0.1) is 11.2 Å². The molecule has 0 saturated heterocycles. The number of hydrogen-bond donors (Lipinski definition) is 2. The van der Waals surface area contributed by atoms with E-state index < -0.39 is 26.6 Å². The lowest BCUT2D eigenvalue weighted by atomic mass is 9.76. The second-order valence-electron chi connectivity index (χ2n) is 9.48. The molecule has 6 heteroatoms. The van der Waals surface area contributed by atoms with Crippen LogP contribution in [0, 0.1) is 6.92 Å². The smallest absolute Gasteiger partial charge is 0.491 e. The van der Waals surface area contributed by atoms with Crippen molar-refractivity contribution in [3.63, 3.8) is 0 Å². The van der Waals surface area contributed by atoms with Crippen molar-refractivity contribution < 1.29 is 19.2 Å². The van der Waals surface area contributed by atoms with Crippen LogP contribution in [0.3, 0.4) is 0 Å². The molecule has 0 atom stereocenters. The molecule has 4 nitrogen and oxygen atoms in total. The molecule has 0 heterocycles. The minimum Gasteiger partial charge on any atom is -0.544 e. The van der Waals surface area contributed by atoms with Crippen LogP contribution in [-0.2, 0) is 4.65 Å². The molecule has 1 rings (SSSR count). The second-order valence-corrected chi connectivity index (χ2v) is 14.2. The van der Waals surface area contributed by atoms with Crippen molar-refractivity contribution in [2.45, 2.75) is 84.7 Å². The van der Waals surface area contributed by atoms with Gasteiger partial charge in [-0.1, -0.05) is 26.8 Å². The van der Waals surface area contributed by atoms with Gasteiger partial charge in [0.25, 0.3) is 0 Å². The van der Waals surface area contributed by atoms with Gasteiger partial charge >= 0.3 is 7.12 Å². The predicted molar refractivity (Wildman–Crippen MR) is 108 cm³/mol. The Bertz CT molecular complexity index is 600. The van der Waals surface area contributed by atoms with Crippen molar-refractivity contribution in [1.82, 2.24) is 0 Å². The van der Waals surface area contributed by atoms with Crippen LogP contribution in [0.1, 0.15) is 54.0 Å². The van der Waals surface area contributed by atoms with E-state index in [1.165, 1.54) is 0 Å². The fourth-order valence-electron chi connectivity index (χ4n) is 1.92. The number of aryl methyl sites for hydroxylation is 1. The van der Waals surface area contributed by atoms with E-state index in [0.717, 1.165) is 11.3 Å². The highest BCUT2D eigenvalue weighted by molar-refractivity contribution is 6.74. The first kappa shape index (κ1) is 22.2. The molecule has 0 fully saturated rings. The Morgan fingerprint density at radius 3 is 1.92 bits per heavy atom. The number of benzene rings is 1. The third-order valence-corrected chi connectivity index (χ3v) is 9.78. The predicted octanol–water partition coefficient (Wildman–Crippen LogP) is 3.63. The highest BCUT2D eigenvalue weighted by Gasteiger charge is 2.41. The Morgan fingerprint density at radius 2 is 1.48 bits per heavy atom. The highest BCUT2D eigenvalue weighted by atomic mass is 28.4. The lowest BCUT2D eigenvalue weighted by Gasteiger charge is -2.38. The molecule has 0 aliphatic heterocycles. The van der Waals surface area contributed by atoms with Gasteiger partial charge < -0.3 is 19.2 Å². The number of aliphatic hydroxyl groups is 1. The summed E-state index contributed by atoms with van der Waals surface area (Å²) in [5.41, 5.74) is -0.365. The van der Waals surface area contributed by atoms with Crippen LogP contribution in [0.25, 0.3) is 0 Å². The highest BCUT2D eigenvalue weighted by Crippen LogP contribution is 2.37. The van der Waals surface area contributed by atoms with Gasteiger partial charge in [-0.25, -0.2) is 0 Å². The Balaban J connectivity index is 3.10. The zero-order chi connectivity index (χ0) is 19.8. The zero-order valence-corrected chi connectivity index (χ0v) is 18.5. The van der Waals surface area contributed by atoms with Crippen molar-refractivity contribution >= 4 is 20.9 Å². The summed E-state index contributed by atoms with van der Waals surface area (Å²) in [4.78, 5) is 0. The van der Waals surface area contributed by atoms with Crippen LogP contribution in [0.15, 0.2) is 18.2 Å². The third kappa shape index (κ3) is 5.58. The van der Waals surface area contributed by atoms with Gasteiger partial charge in [-0.15, -0.1) is 0 Å².